The first-order valence-electron chi connectivity index (χ1n) is 6.43. The number of urea groups is 1. The minimum Gasteiger partial charge on any atom is -0.478 e. The van der Waals surface area contributed by atoms with Gasteiger partial charge in [0.15, 0.2) is 5.13 Å². The van der Waals surface area contributed by atoms with Gasteiger partial charge in [-0.1, -0.05) is 25.4 Å². The zero-order valence-electron chi connectivity index (χ0n) is 11.9. The van der Waals surface area contributed by atoms with Crippen LogP contribution in [-0.4, -0.2) is 22.1 Å². The normalized spacial score (nSPS) is 10.5. The van der Waals surface area contributed by atoms with Crippen molar-refractivity contribution in [2.75, 3.05) is 10.6 Å². The second-order valence-electron chi connectivity index (χ2n) is 4.80. The second kappa shape index (κ2) is 6.76. The number of halogens is 1. The van der Waals surface area contributed by atoms with E-state index in [0.29, 0.717) is 16.7 Å². The van der Waals surface area contributed by atoms with Crippen molar-refractivity contribution in [2.24, 2.45) is 0 Å². The molecule has 2 aromatic rings. The predicted octanol–water partition coefficient (Wildman–Crippen LogP) is 4.26. The van der Waals surface area contributed by atoms with Gasteiger partial charge in [0, 0.05) is 16.8 Å². The van der Waals surface area contributed by atoms with E-state index in [1.165, 1.54) is 29.5 Å². The molecule has 0 aliphatic rings. The molecular formula is C14H14ClN3O3S. The van der Waals surface area contributed by atoms with Crippen LogP contribution in [0.25, 0.3) is 0 Å². The van der Waals surface area contributed by atoms with E-state index in [1.54, 1.807) is 6.20 Å². The highest BCUT2D eigenvalue weighted by Gasteiger charge is 2.12. The first-order chi connectivity index (χ1) is 10.4. The minimum atomic E-state index is -1.16. The lowest BCUT2D eigenvalue weighted by molar-refractivity contribution is 0.0697. The first kappa shape index (κ1) is 16.3. The Morgan fingerprint density at radius 3 is 2.64 bits per heavy atom. The molecule has 0 aliphatic heterocycles. The molecule has 22 heavy (non-hydrogen) atoms. The van der Waals surface area contributed by atoms with E-state index in [2.05, 4.69) is 15.6 Å². The van der Waals surface area contributed by atoms with Crippen molar-refractivity contribution in [3.63, 3.8) is 0 Å². The molecule has 2 amide bonds. The molecule has 0 fully saturated rings. The van der Waals surface area contributed by atoms with Gasteiger partial charge in [0.05, 0.1) is 10.6 Å². The molecule has 0 radical (unpaired) electrons. The molecule has 1 aromatic heterocycles. The quantitative estimate of drug-likeness (QED) is 0.776. The lowest BCUT2D eigenvalue weighted by atomic mass is 10.2. The Hall–Kier alpha value is -2.12. The summed E-state index contributed by atoms with van der Waals surface area (Å²) in [6, 6.07) is 3.74. The Bertz CT molecular complexity index is 715. The summed E-state index contributed by atoms with van der Waals surface area (Å²) in [6.07, 6.45) is 1.72. The van der Waals surface area contributed by atoms with E-state index in [1.807, 2.05) is 13.8 Å². The molecule has 2 rings (SSSR count). The Kier molecular flexibility index (Phi) is 4.99. The largest absolute Gasteiger partial charge is 0.478 e. The highest BCUT2D eigenvalue weighted by molar-refractivity contribution is 7.15. The summed E-state index contributed by atoms with van der Waals surface area (Å²) in [4.78, 5) is 28.1. The van der Waals surface area contributed by atoms with Crippen LogP contribution in [0.2, 0.25) is 5.02 Å². The fraction of sp³-hybridized carbons (Fsp3) is 0.214. The van der Waals surface area contributed by atoms with Crippen LogP contribution in [0.3, 0.4) is 0 Å². The highest BCUT2D eigenvalue weighted by Crippen LogP contribution is 2.25. The van der Waals surface area contributed by atoms with Gasteiger partial charge in [-0.3, -0.25) is 5.32 Å². The SMILES string of the molecule is CC(C)c1cnc(NC(=O)Nc2ccc(Cl)c(C(=O)O)c2)s1. The van der Waals surface area contributed by atoms with Gasteiger partial charge in [-0.15, -0.1) is 11.3 Å². The van der Waals surface area contributed by atoms with Gasteiger partial charge in [-0.05, 0) is 24.1 Å². The summed E-state index contributed by atoms with van der Waals surface area (Å²) < 4.78 is 0. The standard InChI is InChI=1S/C14H14ClN3O3S/c1-7(2)11-6-16-14(22-11)18-13(21)17-8-3-4-10(15)9(5-8)12(19)20/h3-7H,1-2H3,(H,19,20)(H2,16,17,18,21). The van der Waals surface area contributed by atoms with Crippen LogP contribution in [0.1, 0.15) is 35.0 Å². The van der Waals surface area contributed by atoms with Gasteiger partial charge in [0.1, 0.15) is 0 Å². The summed E-state index contributed by atoms with van der Waals surface area (Å²) in [6.45, 7) is 4.08. The van der Waals surface area contributed by atoms with Crippen LogP contribution in [-0.2, 0) is 0 Å². The topological polar surface area (TPSA) is 91.3 Å². The maximum absolute atomic E-state index is 11.9. The van der Waals surface area contributed by atoms with Gasteiger partial charge in [0.25, 0.3) is 0 Å². The molecule has 6 nitrogen and oxygen atoms in total. The summed E-state index contributed by atoms with van der Waals surface area (Å²) in [5.74, 6) is -0.818. The van der Waals surface area contributed by atoms with Crippen molar-refractivity contribution < 1.29 is 14.7 Å². The molecule has 0 atom stereocenters. The smallest absolute Gasteiger partial charge is 0.337 e. The molecule has 0 aliphatic carbocycles. The number of benzene rings is 1. The number of anilines is 2. The third-order valence-electron chi connectivity index (χ3n) is 2.77. The number of thiazole rings is 1. The molecule has 0 spiro atoms. The van der Waals surface area contributed by atoms with Crippen molar-refractivity contribution >= 4 is 45.8 Å². The Morgan fingerprint density at radius 2 is 2.05 bits per heavy atom. The van der Waals surface area contributed by atoms with Crippen LogP contribution in [0, 0.1) is 0 Å². The van der Waals surface area contributed by atoms with Crippen molar-refractivity contribution in [2.45, 2.75) is 19.8 Å². The summed E-state index contributed by atoms with van der Waals surface area (Å²) >= 11 is 7.16. The zero-order valence-corrected chi connectivity index (χ0v) is 13.5. The van der Waals surface area contributed by atoms with Crippen LogP contribution in [0.5, 0.6) is 0 Å². The highest BCUT2D eigenvalue weighted by atomic mass is 35.5. The molecule has 0 saturated carbocycles. The van der Waals surface area contributed by atoms with E-state index in [-0.39, 0.29) is 10.6 Å². The Balaban J connectivity index is 2.05. The third kappa shape index (κ3) is 3.96. The monoisotopic (exact) mass is 339 g/mol. The molecule has 0 unspecified atom stereocenters. The number of nitrogens with zero attached hydrogens (tertiary/aromatic N) is 1. The predicted molar refractivity (Wildman–Crippen MR) is 87.3 cm³/mol. The number of aromatic carboxylic acids is 1. The minimum absolute atomic E-state index is 0.0733. The number of nitrogens with one attached hydrogen (secondary N) is 2. The summed E-state index contributed by atoms with van der Waals surface area (Å²) in [5, 5.41) is 14.7. The van der Waals surface area contributed by atoms with E-state index in [4.69, 9.17) is 16.7 Å². The average Bonchev–Trinajstić information content (AvgIpc) is 2.89. The van der Waals surface area contributed by atoms with Gasteiger partial charge < -0.3 is 10.4 Å². The van der Waals surface area contributed by atoms with Crippen LogP contribution in [0.4, 0.5) is 15.6 Å². The number of carboxylic acids is 1. The first-order valence-corrected chi connectivity index (χ1v) is 7.63. The molecule has 1 heterocycles. The molecule has 8 heteroatoms. The van der Waals surface area contributed by atoms with Crippen molar-refractivity contribution in [3.05, 3.63) is 39.9 Å². The second-order valence-corrected chi connectivity index (χ2v) is 6.27. The zero-order chi connectivity index (χ0) is 16.3. The number of carboxylic acid groups (broad SMARTS) is 1. The maximum atomic E-state index is 11.9. The number of carbonyl (C=O) groups excluding carboxylic acids is 1. The number of carbonyl (C=O) groups is 2. The number of amides is 2. The molecule has 0 saturated heterocycles. The van der Waals surface area contributed by atoms with Crippen molar-refractivity contribution in [3.8, 4) is 0 Å². The molecule has 1 aromatic carbocycles. The van der Waals surface area contributed by atoms with E-state index in [0.717, 1.165) is 4.88 Å². The lowest BCUT2D eigenvalue weighted by Crippen LogP contribution is -2.19. The van der Waals surface area contributed by atoms with E-state index >= 15 is 0 Å². The van der Waals surface area contributed by atoms with Gasteiger partial charge in [-0.2, -0.15) is 0 Å². The van der Waals surface area contributed by atoms with Gasteiger partial charge in [0.2, 0.25) is 0 Å². The van der Waals surface area contributed by atoms with Crippen molar-refractivity contribution in [1.82, 2.24) is 4.98 Å². The average molecular weight is 340 g/mol. The fourth-order valence-electron chi connectivity index (χ4n) is 1.64. The number of hydrogen-bond donors (Lipinski definition) is 3. The molecular weight excluding hydrogens is 326 g/mol. The molecule has 3 N–H and O–H groups in total. The van der Waals surface area contributed by atoms with Crippen LogP contribution >= 0.6 is 22.9 Å². The van der Waals surface area contributed by atoms with Gasteiger partial charge in [-0.25, -0.2) is 14.6 Å². The van der Waals surface area contributed by atoms with Crippen LogP contribution < -0.4 is 10.6 Å². The van der Waals surface area contributed by atoms with E-state index in [9.17, 15) is 9.59 Å². The number of hydrogen-bond acceptors (Lipinski definition) is 4. The Labute approximate surface area is 136 Å². The summed E-state index contributed by atoms with van der Waals surface area (Å²) in [5.41, 5.74) is 0.260. The fourth-order valence-corrected chi connectivity index (χ4v) is 2.65. The number of aromatic nitrogens is 1. The maximum Gasteiger partial charge on any atom is 0.337 e. The van der Waals surface area contributed by atoms with Gasteiger partial charge >= 0.3 is 12.0 Å². The molecule has 116 valence electrons. The summed E-state index contributed by atoms with van der Waals surface area (Å²) in [7, 11) is 0. The third-order valence-corrected chi connectivity index (χ3v) is 4.31. The lowest BCUT2D eigenvalue weighted by Gasteiger charge is -2.07. The Morgan fingerprint density at radius 1 is 1.32 bits per heavy atom. The molecule has 0 bridgehead atoms. The number of rotatable bonds is 4. The van der Waals surface area contributed by atoms with Crippen molar-refractivity contribution in [1.29, 1.82) is 0 Å². The van der Waals surface area contributed by atoms with Crippen LogP contribution in [0.15, 0.2) is 24.4 Å². The van der Waals surface area contributed by atoms with E-state index < -0.39 is 12.0 Å².